The van der Waals surface area contributed by atoms with Gasteiger partial charge in [0.2, 0.25) is 11.8 Å². The van der Waals surface area contributed by atoms with Crippen LogP contribution in [0.2, 0.25) is 0 Å². The highest BCUT2D eigenvalue weighted by molar-refractivity contribution is 5.88. The summed E-state index contributed by atoms with van der Waals surface area (Å²) in [6.45, 7) is 6.82. The van der Waals surface area contributed by atoms with Gasteiger partial charge in [0, 0.05) is 13.0 Å². The van der Waals surface area contributed by atoms with Crippen molar-refractivity contribution in [2.24, 2.45) is 23.0 Å². The molecule has 0 aromatic rings. The summed E-state index contributed by atoms with van der Waals surface area (Å²) in [4.78, 5) is 25.1. The van der Waals surface area contributed by atoms with E-state index < -0.39 is 0 Å². The van der Waals surface area contributed by atoms with Gasteiger partial charge in [0.25, 0.3) is 0 Å². The molecule has 1 aliphatic heterocycles. The van der Waals surface area contributed by atoms with Gasteiger partial charge in [-0.3, -0.25) is 9.59 Å². The lowest BCUT2D eigenvalue weighted by Crippen LogP contribution is -2.47. The molecule has 0 radical (unpaired) electrons. The van der Waals surface area contributed by atoms with Crippen LogP contribution in [0.1, 0.15) is 33.6 Å². The number of hydrogen-bond donors (Lipinski definition) is 1. The van der Waals surface area contributed by atoms with Crippen LogP contribution in [-0.2, 0) is 9.59 Å². The highest BCUT2D eigenvalue weighted by atomic mass is 16.2. The monoisotopic (exact) mass is 224 g/mol. The van der Waals surface area contributed by atoms with E-state index >= 15 is 0 Å². The van der Waals surface area contributed by atoms with Gasteiger partial charge < -0.3 is 10.6 Å². The summed E-state index contributed by atoms with van der Waals surface area (Å²) in [6, 6.07) is -0.333. The molecule has 0 aromatic heterocycles. The van der Waals surface area contributed by atoms with Gasteiger partial charge in [-0.1, -0.05) is 20.8 Å². The van der Waals surface area contributed by atoms with Gasteiger partial charge in [-0.15, -0.1) is 0 Å². The normalized spacial score (nSPS) is 32.4. The summed E-state index contributed by atoms with van der Waals surface area (Å²) in [5.74, 6) is 0.610. The minimum atomic E-state index is -0.341. The average Bonchev–Trinajstić information content (AvgIpc) is 2.73. The molecule has 2 aliphatic rings. The number of likely N-dealkylation sites (tertiary alicyclic amines) is 1. The van der Waals surface area contributed by atoms with Crippen molar-refractivity contribution in [1.82, 2.24) is 4.90 Å². The van der Waals surface area contributed by atoms with Crippen LogP contribution in [0.4, 0.5) is 0 Å². The number of rotatable bonds is 2. The number of carbonyl (C=O) groups excluding carboxylic acids is 2. The summed E-state index contributed by atoms with van der Waals surface area (Å²) in [5.41, 5.74) is 5.34. The second-order valence-electron chi connectivity index (χ2n) is 6.29. The van der Waals surface area contributed by atoms with E-state index in [2.05, 4.69) is 0 Å². The number of carbonyl (C=O) groups is 2. The molecule has 1 aliphatic carbocycles. The van der Waals surface area contributed by atoms with Crippen molar-refractivity contribution in [3.05, 3.63) is 0 Å². The fraction of sp³-hybridized carbons (Fsp3) is 0.833. The SMILES string of the molecule is CC(C)(C)CC(=O)N1CC2CC2C1C(N)=O. The molecular weight excluding hydrogens is 204 g/mol. The second-order valence-corrected chi connectivity index (χ2v) is 6.29. The van der Waals surface area contributed by atoms with Crippen molar-refractivity contribution < 1.29 is 9.59 Å². The van der Waals surface area contributed by atoms with E-state index in [1.807, 2.05) is 20.8 Å². The maximum Gasteiger partial charge on any atom is 0.240 e. The standard InChI is InChI=1S/C12H20N2O2/c1-12(2,3)5-9(15)14-6-7-4-8(7)10(14)11(13)16/h7-8,10H,4-6H2,1-3H3,(H2,13,16). The summed E-state index contributed by atoms with van der Waals surface area (Å²) < 4.78 is 0. The van der Waals surface area contributed by atoms with Gasteiger partial charge in [0.15, 0.2) is 0 Å². The lowest BCUT2D eigenvalue weighted by molar-refractivity contribution is -0.139. The van der Waals surface area contributed by atoms with Crippen molar-refractivity contribution in [2.45, 2.75) is 39.7 Å². The van der Waals surface area contributed by atoms with E-state index in [9.17, 15) is 9.59 Å². The zero-order chi connectivity index (χ0) is 12.1. The van der Waals surface area contributed by atoms with Crippen molar-refractivity contribution in [2.75, 3.05) is 6.54 Å². The zero-order valence-corrected chi connectivity index (χ0v) is 10.2. The predicted molar refractivity (Wildman–Crippen MR) is 60.4 cm³/mol. The van der Waals surface area contributed by atoms with E-state index in [0.717, 1.165) is 13.0 Å². The molecule has 2 amide bonds. The number of nitrogens with two attached hydrogens (primary N) is 1. The number of amides is 2. The first-order valence-corrected chi connectivity index (χ1v) is 5.88. The first-order valence-electron chi connectivity index (χ1n) is 5.88. The average molecular weight is 224 g/mol. The third-order valence-corrected chi connectivity index (χ3v) is 3.44. The molecule has 1 saturated heterocycles. The van der Waals surface area contributed by atoms with E-state index in [1.54, 1.807) is 4.90 Å². The number of hydrogen-bond acceptors (Lipinski definition) is 2. The minimum Gasteiger partial charge on any atom is -0.368 e. The quantitative estimate of drug-likeness (QED) is 0.752. The van der Waals surface area contributed by atoms with Crippen molar-refractivity contribution in [3.63, 3.8) is 0 Å². The highest BCUT2D eigenvalue weighted by Gasteiger charge is 2.56. The third kappa shape index (κ3) is 2.06. The molecule has 1 saturated carbocycles. The van der Waals surface area contributed by atoms with Crippen LogP contribution >= 0.6 is 0 Å². The Hall–Kier alpha value is -1.06. The van der Waals surface area contributed by atoms with Crippen LogP contribution in [0, 0.1) is 17.3 Å². The van der Waals surface area contributed by atoms with Gasteiger partial charge in [-0.2, -0.15) is 0 Å². The van der Waals surface area contributed by atoms with Crippen LogP contribution in [0.5, 0.6) is 0 Å². The van der Waals surface area contributed by atoms with E-state index in [4.69, 9.17) is 5.73 Å². The summed E-state index contributed by atoms with van der Waals surface area (Å²) in [7, 11) is 0. The maximum atomic E-state index is 12.1. The van der Waals surface area contributed by atoms with Gasteiger partial charge in [-0.25, -0.2) is 0 Å². The molecule has 1 heterocycles. The molecule has 2 rings (SSSR count). The van der Waals surface area contributed by atoms with E-state index in [0.29, 0.717) is 18.3 Å². The Labute approximate surface area is 96.2 Å². The topological polar surface area (TPSA) is 63.4 Å². The molecule has 2 N–H and O–H groups in total. The number of piperidine rings is 1. The van der Waals surface area contributed by atoms with Crippen molar-refractivity contribution in [1.29, 1.82) is 0 Å². The van der Waals surface area contributed by atoms with Gasteiger partial charge >= 0.3 is 0 Å². The molecule has 3 unspecified atom stereocenters. The molecule has 2 fully saturated rings. The molecule has 4 nitrogen and oxygen atoms in total. The molecule has 4 heteroatoms. The first kappa shape index (κ1) is 11.4. The largest absolute Gasteiger partial charge is 0.368 e. The number of fused-ring (bicyclic) bond motifs is 1. The smallest absolute Gasteiger partial charge is 0.240 e. The Morgan fingerprint density at radius 2 is 2.00 bits per heavy atom. The van der Waals surface area contributed by atoms with Crippen LogP contribution in [0.3, 0.4) is 0 Å². The van der Waals surface area contributed by atoms with Gasteiger partial charge in [0.05, 0.1) is 0 Å². The maximum absolute atomic E-state index is 12.1. The fourth-order valence-corrected chi connectivity index (χ4v) is 2.64. The zero-order valence-electron chi connectivity index (χ0n) is 10.2. The molecular formula is C12H20N2O2. The fourth-order valence-electron chi connectivity index (χ4n) is 2.64. The van der Waals surface area contributed by atoms with Gasteiger partial charge in [0.1, 0.15) is 6.04 Å². The third-order valence-electron chi connectivity index (χ3n) is 3.44. The first-order chi connectivity index (χ1) is 7.29. The van der Waals surface area contributed by atoms with Crippen LogP contribution in [0.25, 0.3) is 0 Å². The molecule has 90 valence electrons. The highest BCUT2D eigenvalue weighted by Crippen LogP contribution is 2.49. The van der Waals surface area contributed by atoms with E-state index in [1.165, 1.54) is 0 Å². The summed E-state index contributed by atoms with van der Waals surface area (Å²) >= 11 is 0. The molecule has 0 bridgehead atoms. The predicted octanol–water partition coefficient (Wildman–Crippen LogP) is 0.755. The van der Waals surface area contributed by atoms with Crippen LogP contribution in [-0.4, -0.2) is 29.3 Å². The van der Waals surface area contributed by atoms with Crippen molar-refractivity contribution >= 4 is 11.8 Å². The Morgan fingerprint density at radius 3 is 2.50 bits per heavy atom. The molecule has 0 spiro atoms. The van der Waals surface area contributed by atoms with E-state index in [-0.39, 0.29) is 23.3 Å². The number of primary amides is 1. The summed E-state index contributed by atoms with van der Waals surface area (Å²) in [6.07, 6.45) is 1.54. The lowest BCUT2D eigenvalue weighted by atomic mass is 9.91. The Morgan fingerprint density at radius 1 is 1.38 bits per heavy atom. The van der Waals surface area contributed by atoms with Gasteiger partial charge in [-0.05, 0) is 23.7 Å². The number of nitrogens with zero attached hydrogens (tertiary/aromatic N) is 1. The lowest BCUT2D eigenvalue weighted by Gasteiger charge is -2.28. The molecule has 3 atom stereocenters. The second kappa shape index (κ2) is 3.47. The minimum absolute atomic E-state index is 0.0357. The van der Waals surface area contributed by atoms with Crippen LogP contribution in [0.15, 0.2) is 0 Å². The van der Waals surface area contributed by atoms with Crippen molar-refractivity contribution in [3.8, 4) is 0 Å². The Kier molecular flexibility index (Phi) is 2.48. The Balaban J connectivity index is 2.04. The summed E-state index contributed by atoms with van der Waals surface area (Å²) in [5, 5.41) is 0. The Bertz CT molecular complexity index is 332. The van der Waals surface area contributed by atoms with Crippen LogP contribution < -0.4 is 5.73 Å². The molecule has 0 aromatic carbocycles. The molecule has 16 heavy (non-hydrogen) atoms.